The lowest BCUT2D eigenvalue weighted by atomic mass is 9.96. The molecule has 3 heterocycles. The minimum Gasteiger partial charge on any atom is -0.309 e. The Bertz CT molecular complexity index is 2760. The van der Waals surface area contributed by atoms with Crippen molar-refractivity contribution in [3.05, 3.63) is 163 Å². The van der Waals surface area contributed by atoms with Gasteiger partial charge < -0.3 is 4.57 Å². The molecular formula is C44H27N3S. The van der Waals surface area contributed by atoms with Gasteiger partial charge in [-0.1, -0.05) is 109 Å². The first-order valence-electron chi connectivity index (χ1n) is 16.2. The molecule has 0 amide bonds. The fraction of sp³-hybridized carbons (Fsp3) is 0. The molecule has 0 N–H and O–H groups in total. The molecular weight excluding hydrogens is 603 g/mol. The van der Waals surface area contributed by atoms with Gasteiger partial charge in [-0.05, 0) is 75.5 Å². The second-order valence-electron chi connectivity index (χ2n) is 12.2. The van der Waals surface area contributed by atoms with Crippen molar-refractivity contribution in [2.75, 3.05) is 0 Å². The molecule has 10 aromatic rings. The van der Waals surface area contributed by atoms with Gasteiger partial charge in [0.15, 0.2) is 5.82 Å². The number of rotatable bonds is 4. The van der Waals surface area contributed by atoms with E-state index in [0.717, 1.165) is 33.8 Å². The summed E-state index contributed by atoms with van der Waals surface area (Å²) >= 11 is 1.79. The fourth-order valence-electron chi connectivity index (χ4n) is 7.25. The number of hydrogen-bond donors (Lipinski definition) is 0. The van der Waals surface area contributed by atoms with Crippen LogP contribution in [0.5, 0.6) is 0 Å². The third kappa shape index (κ3) is 4.20. The lowest BCUT2D eigenvalue weighted by molar-refractivity contribution is 1.17. The van der Waals surface area contributed by atoms with Gasteiger partial charge in [0.05, 0.1) is 22.4 Å². The van der Waals surface area contributed by atoms with Crippen LogP contribution in [-0.2, 0) is 0 Å². The Morgan fingerprint density at radius 3 is 1.71 bits per heavy atom. The molecule has 0 radical (unpaired) electrons. The van der Waals surface area contributed by atoms with Crippen molar-refractivity contribution in [3.63, 3.8) is 0 Å². The monoisotopic (exact) mass is 629 g/mol. The first kappa shape index (κ1) is 27.1. The average molecular weight is 630 g/mol. The maximum absolute atomic E-state index is 5.08. The highest BCUT2D eigenvalue weighted by Gasteiger charge is 2.20. The Kier molecular flexibility index (Phi) is 6.05. The van der Waals surface area contributed by atoms with Crippen LogP contribution in [0.25, 0.3) is 93.0 Å². The highest BCUT2D eigenvalue weighted by atomic mass is 32.1. The summed E-state index contributed by atoms with van der Waals surface area (Å²) in [6.45, 7) is 0. The molecule has 0 bridgehead atoms. The SMILES string of the molecule is c1ccc(-c2cc(-c3ccccc3)nc(-c3ccc(-n4c5cc6sccc6cc5c5c6ccccc6c6ccccc6c54)cc3)n2)cc1. The Balaban J connectivity index is 1.22. The van der Waals surface area contributed by atoms with Crippen LogP contribution >= 0.6 is 11.3 Å². The Hall–Kier alpha value is -6.10. The molecule has 0 saturated heterocycles. The lowest BCUT2D eigenvalue weighted by Crippen LogP contribution is -1.97. The van der Waals surface area contributed by atoms with Crippen LogP contribution in [0.1, 0.15) is 0 Å². The fourth-order valence-corrected chi connectivity index (χ4v) is 8.05. The van der Waals surface area contributed by atoms with Crippen molar-refractivity contribution in [1.82, 2.24) is 14.5 Å². The van der Waals surface area contributed by atoms with Gasteiger partial charge in [-0.15, -0.1) is 11.3 Å². The number of benzene rings is 7. The van der Waals surface area contributed by atoms with Gasteiger partial charge in [-0.2, -0.15) is 0 Å². The summed E-state index contributed by atoms with van der Waals surface area (Å²) < 4.78 is 3.75. The highest BCUT2D eigenvalue weighted by molar-refractivity contribution is 7.17. The molecule has 48 heavy (non-hydrogen) atoms. The van der Waals surface area contributed by atoms with Gasteiger partial charge >= 0.3 is 0 Å². The quantitative estimate of drug-likeness (QED) is 0.181. The van der Waals surface area contributed by atoms with E-state index in [-0.39, 0.29) is 0 Å². The summed E-state index contributed by atoms with van der Waals surface area (Å²) in [5.41, 5.74) is 8.48. The largest absolute Gasteiger partial charge is 0.309 e. The normalized spacial score (nSPS) is 11.8. The van der Waals surface area contributed by atoms with E-state index in [9.17, 15) is 0 Å². The van der Waals surface area contributed by atoms with Crippen LogP contribution in [0.15, 0.2) is 163 Å². The van der Waals surface area contributed by atoms with Crippen molar-refractivity contribution >= 4 is 64.8 Å². The Labute approximate surface area is 281 Å². The minimum absolute atomic E-state index is 0.709. The van der Waals surface area contributed by atoms with E-state index in [1.54, 1.807) is 11.3 Å². The first-order valence-corrected chi connectivity index (χ1v) is 17.0. The van der Waals surface area contributed by atoms with E-state index in [0.29, 0.717) is 5.82 Å². The summed E-state index contributed by atoms with van der Waals surface area (Å²) in [5, 5.41) is 11.1. The van der Waals surface area contributed by atoms with Gasteiger partial charge in [0.2, 0.25) is 0 Å². The average Bonchev–Trinajstić information content (AvgIpc) is 3.77. The zero-order valence-electron chi connectivity index (χ0n) is 25.8. The lowest BCUT2D eigenvalue weighted by Gasteiger charge is -2.13. The van der Waals surface area contributed by atoms with Crippen molar-refractivity contribution in [2.24, 2.45) is 0 Å². The predicted octanol–water partition coefficient (Wildman–Crippen LogP) is 12.1. The van der Waals surface area contributed by atoms with Crippen molar-refractivity contribution < 1.29 is 0 Å². The number of thiophene rings is 1. The van der Waals surface area contributed by atoms with E-state index in [2.05, 4.69) is 156 Å². The standard InChI is InChI=1S/C44H27N3S/c1-3-11-28(12-4-1)38-26-39(29-13-5-2-6-14-29)46-44(45-38)30-19-21-32(22-20-30)47-40-27-41-31(23-24-48-41)25-37(40)42-35-17-9-7-15-33(35)34-16-8-10-18-36(34)43(42)47/h1-27H. The Morgan fingerprint density at radius 2 is 1.04 bits per heavy atom. The number of nitrogens with zero attached hydrogens (tertiary/aromatic N) is 3. The number of fused-ring (bicyclic) bond motifs is 9. The van der Waals surface area contributed by atoms with Crippen LogP contribution in [0, 0.1) is 0 Å². The van der Waals surface area contributed by atoms with Crippen LogP contribution in [0.3, 0.4) is 0 Å². The van der Waals surface area contributed by atoms with Gasteiger partial charge in [-0.25, -0.2) is 9.97 Å². The molecule has 0 aliphatic carbocycles. The van der Waals surface area contributed by atoms with Gasteiger partial charge in [0, 0.05) is 43.2 Å². The molecule has 0 aliphatic rings. The van der Waals surface area contributed by atoms with Crippen LogP contribution in [-0.4, -0.2) is 14.5 Å². The maximum Gasteiger partial charge on any atom is 0.160 e. The molecule has 7 aromatic carbocycles. The van der Waals surface area contributed by atoms with E-state index >= 15 is 0 Å². The molecule has 0 saturated carbocycles. The van der Waals surface area contributed by atoms with E-state index < -0.39 is 0 Å². The van der Waals surface area contributed by atoms with Gasteiger partial charge in [0.25, 0.3) is 0 Å². The smallest absolute Gasteiger partial charge is 0.160 e. The topological polar surface area (TPSA) is 30.7 Å². The number of hydrogen-bond acceptors (Lipinski definition) is 3. The maximum atomic E-state index is 5.08. The minimum atomic E-state index is 0.709. The molecule has 0 spiro atoms. The first-order chi connectivity index (χ1) is 23.8. The summed E-state index contributed by atoms with van der Waals surface area (Å²) in [6.07, 6.45) is 0. The van der Waals surface area contributed by atoms with E-state index in [1.807, 2.05) is 12.1 Å². The second kappa shape index (κ2) is 10.7. The zero-order valence-corrected chi connectivity index (χ0v) is 26.7. The van der Waals surface area contributed by atoms with Gasteiger partial charge in [0.1, 0.15) is 0 Å². The van der Waals surface area contributed by atoms with Crippen molar-refractivity contribution in [3.8, 4) is 39.6 Å². The second-order valence-corrected chi connectivity index (χ2v) is 13.2. The van der Waals surface area contributed by atoms with E-state index in [4.69, 9.17) is 9.97 Å². The molecule has 0 fully saturated rings. The highest BCUT2D eigenvalue weighted by Crippen LogP contribution is 2.44. The summed E-state index contributed by atoms with van der Waals surface area (Å²) in [4.78, 5) is 10.2. The molecule has 3 aromatic heterocycles. The summed E-state index contributed by atoms with van der Waals surface area (Å²) in [6, 6.07) is 56.2. The van der Waals surface area contributed by atoms with Gasteiger partial charge in [-0.3, -0.25) is 0 Å². The summed E-state index contributed by atoms with van der Waals surface area (Å²) in [7, 11) is 0. The molecule has 0 aliphatic heterocycles. The summed E-state index contributed by atoms with van der Waals surface area (Å²) in [5.74, 6) is 0.709. The molecule has 10 rings (SSSR count). The van der Waals surface area contributed by atoms with Crippen molar-refractivity contribution in [2.45, 2.75) is 0 Å². The Morgan fingerprint density at radius 1 is 0.458 bits per heavy atom. The predicted molar refractivity (Wildman–Crippen MR) is 203 cm³/mol. The molecule has 0 atom stereocenters. The molecule has 0 unspecified atom stereocenters. The van der Waals surface area contributed by atoms with Crippen LogP contribution < -0.4 is 0 Å². The molecule has 4 heteroatoms. The number of aromatic nitrogens is 3. The third-order valence-corrected chi connectivity index (χ3v) is 10.3. The van der Waals surface area contributed by atoms with Crippen molar-refractivity contribution in [1.29, 1.82) is 0 Å². The third-order valence-electron chi connectivity index (χ3n) is 9.46. The van der Waals surface area contributed by atoms with E-state index in [1.165, 1.54) is 53.4 Å². The van der Waals surface area contributed by atoms with Crippen LogP contribution in [0.4, 0.5) is 0 Å². The molecule has 224 valence electrons. The zero-order chi connectivity index (χ0) is 31.6. The van der Waals surface area contributed by atoms with Crippen LogP contribution in [0.2, 0.25) is 0 Å². The molecule has 3 nitrogen and oxygen atoms in total.